The molecule has 1 unspecified atom stereocenters. The van der Waals surface area contributed by atoms with Gasteiger partial charge in [-0.15, -0.1) is 11.3 Å². The van der Waals surface area contributed by atoms with Crippen LogP contribution in [0.15, 0.2) is 76.5 Å². The first kappa shape index (κ1) is 22.3. The van der Waals surface area contributed by atoms with Gasteiger partial charge in [-0.1, -0.05) is 30.3 Å². The molecule has 4 aromatic rings. The number of hydrogen-bond donors (Lipinski definition) is 3. The van der Waals surface area contributed by atoms with Gasteiger partial charge in [0.15, 0.2) is 10.8 Å². The van der Waals surface area contributed by atoms with E-state index in [2.05, 4.69) is 20.9 Å². The molecule has 0 aliphatic heterocycles. The number of rotatable bonds is 7. The van der Waals surface area contributed by atoms with Gasteiger partial charge in [-0.25, -0.2) is 9.78 Å². The first-order valence-electron chi connectivity index (χ1n) is 10.5. The van der Waals surface area contributed by atoms with Gasteiger partial charge in [0.1, 0.15) is 5.76 Å². The zero-order chi connectivity index (χ0) is 23.2. The van der Waals surface area contributed by atoms with Crippen molar-refractivity contribution in [3.63, 3.8) is 0 Å². The second-order valence-corrected chi connectivity index (χ2v) is 8.45. The smallest absolute Gasteiger partial charge is 0.323 e. The standard InChI is InChI=1S/C25H24N4O3S/c1-16-8-13-22(32-16)24-27-21(15-33-24)14-23(30)26-17(2)18-9-11-20(12-10-18)29-25(31)28-19-6-4-3-5-7-19/h3-13,15,17H,14H2,1-2H3,(H,26,30)(H2,28,29,31). The molecule has 2 heterocycles. The van der Waals surface area contributed by atoms with Gasteiger partial charge < -0.3 is 20.4 Å². The number of para-hydroxylation sites is 1. The molecule has 0 saturated heterocycles. The predicted molar refractivity (Wildman–Crippen MR) is 130 cm³/mol. The maximum atomic E-state index is 12.5. The molecule has 7 nitrogen and oxygen atoms in total. The molecule has 8 heteroatoms. The van der Waals surface area contributed by atoms with E-state index in [0.29, 0.717) is 17.1 Å². The van der Waals surface area contributed by atoms with E-state index in [1.807, 2.05) is 73.8 Å². The van der Waals surface area contributed by atoms with Crippen molar-refractivity contribution < 1.29 is 14.0 Å². The largest absolute Gasteiger partial charge is 0.459 e. The van der Waals surface area contributed by atoms with Crippen LogP contribution in [-0.4, -0.2) is 16.9 Å². The highest BCUT2D eigenvalue weighted by Gasteiger charge is 2.14. The van der Waals surface area contributed by atoms with E-state index in [1.54, 1.807) is 12.1 Å². The Morgan fingerprint density at radius 3 is 2.33 bits per heavy atom. The lowest BCUT2D eigenvalue weighted by molar-refractivity contribution is -0.121. The lowest BCUT2D eigenvalue weighted by Gasteiger charge is -2.15. The number of carbonyl (C=O) groups is 2. The molecule has 0 aliphatic rings. The molecule has 1 atom stereocenters. The number of thiazole rings is 1. The Morgan fingerprint density at radius 2 is 1.67 bits per heavy atom. The lowest BCUT2D eigenvalue weighted by atomic mass is 10.1. The Balaban J connectivity index is 1.28. The number of nitrogens with zero attached hydrogens (tertiary/aromatic N) is 1. The summed E-state index contributed by atoms with van der Waals surface area (Å²) in [7, 11) is 0. The van der Waals surface area contributed by atoms with Crippen LogP contribution >= 0.6 is 11.3 Å². The van der Waals surface area contributed by atoms with Crippen LogP contribution < -0.4 is 16.0 Å². The highest BCUT2D eigenvalue weighted by molar-refractivity contribution is 7.13. The number of amides is 3. The van der Waals surface area contributed by atoms with Gasteiger partial charge in [0.05, 0.1) is 18.2 Å². The second-order valence-electron chi connectivity index (χ2n) is 7.59. The maximum Gasteiger partial charge on any atom is 0.323 e. The number of hydrogen-bond acceptors (Lipinski definition) is 5. The van der Waals surface area contributed by atoms with E-state index in [-0.39, 0.29) is 24.4 Å². The van der Waals surface area contributed by atoms with E-state index >= 15 is 0 Å². The number of nitrogens with one attached hydrogen (secondary N) is 3. The van der Waals surface area contributed by atoms with Crippen molar-refractivity contribution in [1.82, 2.24) is 10.3 Å². The molecule has 3 N–H and O–H groups in total. The van der Waals surface area contributed by atoms with Gasteiger partial charge in [0.25, 0.3) is 0 Å². The number of urea groups is 1. The molecule has 0 bridgehead atoms. The first-order chi connectivity index (χ1) is 16.0. The van der Waals surface area contributed by atoms with Gasteiger partial charge in [0.2, 0.25) is 5.91 Å². The summed E-state index contributed by atoms with van der Waals surface area (Å²) in [6.07, 6.45) is 0.194. The molecule has 0 saturated carbocycles. The second kappa shape index (κ2) is 10.1. The minimum atomic E-state index is -0.317. The monoisotopic (exact) mass is 460 g/mol. The highest BCUT2D eigenvalue weighted by Crippen LogP contribution is 2.26. The molecule has 0 fully saturated rings. The van der Waals surface area contributed by atoms with Crippen molar-refractivity contribution in [1.29, 1.82) is 0 Å². The minimum Gasteiger partial charge on any atom is -0.459 e. The molecule has 0 aliphatic carbocycles. The van der Waals surface area contributed by atoms with Crippen LogP contribution in [0.3, 0.4) is 0 Å². The van der Waals surface area contributed by atoms with Crippen LogP contribution in [0.1, 0.15) is 30.0 Å². The van der Waals surface area contributed by atoms with E-state index in [9.17, 15) is 9.59 Å². The number of furan rings is 1. The van der Waals surface area contributed by atoms with Crippen LogP contribution in [0.25, 0.3) is 10.8 Å². The van der Waals surface area contributed by atoms with Crippen molar-refractivity contribution >= 4 is 34.6 Å². The molecule has 0 radical (unpaired) electrons. The minimum absolute atomic E-state index is 0.112. The summed E-state index contributed by atoms with van der Waals surface area (Å²) in [6.45, 7) is 3.80. The van der Waals surface area contributed by atoms with E-state index in [1.165, 1.54) is 11.3 Å². The quantitative estimate of drug-likeness (QED) is 0.326. The third-order valence-corrected chi connectivity index (χ3v) is 5.83. The molecule has 168 valence electrons. The Hall–Kier alpha value is -3.91. The molecule has 0 spiro atoms. The Labute approximate surface area is 195 Å². The Morgan fingerprint density at radius 1 is 0.970 bits per heavy atom. The predicted octanol–water partition coefficient (Wildman–Crippen LogP) is 5.78. The van der Waals surface area contributed by atoms with Gasteiger partial charge in [-0.2, -0.15) is 0 Å². The number of aromatic nitrogens is 1. The van der Waals surface area contributed by atoms with E-state index < -0.39 is 0 Å². The van der Waals surface area contributed by atoms with Crippen LogP contribution in [-0.2, 0) is 11.2 Å². The summed E-state index contributed by atoms with van der Waals surface area (Å²) in [5, 5.41) is 11.2. The summed E-state index contributed by atoms with van der Waals surface area (Å²) in [4.78, 5) is 29.1. The van der Waals surface area contributed by atoms with Gasteiger partial charge >= 0.3 is 6.03 Å². The van der Waals surface area contributed by atoms with E-state index in [4.69, 9.17) is 4.42 Å². The molecule has 2 aromatic heterocycles. The van der Waals surface area contributed by atoms with Crippen LogP contribution in [0.4, 0.5) is 16.2 Å². The van der Waals surface area contributed by atoms with Crippen LogP contribution in [0, 0.1) is 6.92 Å². The summed E-state index contributed by atoms with van der Waals surface area (Å²) in [5.41, 5.74) is 3.02. The number of benzene rings is 2. The number of anilines is 2. The van der Waals surface area contributed by atoms with Crippen LogP contribution in [0.2, 0.25) is 0 Å². The van der Waals surface area contributed by atoms with Crippen LogP contribution in [0.5, 0.6) is 0 Å². The SMILES string of the molecule is Cc1ccc(-c2nc(CC(=O)NC(C)c3ccc(NC(=O)Nc4ccccc4)cc3)cs2)o1. The Kier molecular flexibility index (Phi) is 6.85. The fraction of sp³-hybridized carbons (Fsp3) is 0.160. The van der Waals surface area contributed by atoms with Crippen molar-refractivity contribution in [2.45, 2.75) is 26.3 Å². The summed E-state index contributed by atoms with van der Waals surface area (Å²) < 4.78 is 5.59. The van der Waals surface area contributed by atoms with Gasteiger partial charge in [-0.05, 0) is 55.8 Å². The average molecular weight is 461 g/mol. The summed E-state index contributed by atoms with van der Waals surface area (Å²) in [6, 6.07) is 19.9. The molecular weight excluding hydrogens is 436 g/mol. The first-order valence-corrected chi connectivity index (χ1v) is 11.4. The zero-order valence-electron chi connectivity index (χ0n) is 18.3. The highest BCUT2D eigenvalue weighted by atomic mass is 32.1. The van der Waals surface area contributed by atoms with E-state index in [0.717, 1.165) is 22.0 Å². The molecular formula is C25H24N4O3S. The fourth-order valence-electron chi connectivity index (χ4n) is 3.26. The van der Waals surface area contributed by atoms with Gasteiger partial charge in [-0.3, -0.25) is 4.79 Å². The molecule has 33 heavy (non-hydrogen) atoms. The Bertz CT molecular complexity index is 1230. The van der Waals surface area contributed by atoms with Gasteiger partial charge in [0, 0.05) is 16.8 Å². The summed E-state index contributed by atoms with van der Waals surface area (Å²) >= 11 is 1.46. The van der Waals surface area contributed by atoms with Crippen molar-refractivity contribution in [2.75, 3.05) is 10.6 Å². The molecule has 3 amide bonds. The average Bonchev–Trinajstić information content (AvgIpc) is 3.43. The van der Waals surface area contributed by atoms with Crippen molar-refractivity contribution in [2.24, 2.45) is 0 Å². The molecule has 2 aromatic carbocycles. The summed E-state index contributed by atoms with van der Waals surface area (Å²) in [5.74, 6) is 1.43. The number of carbonyl (C=O) groups excluding carboxylic acids is 2. The fourth-order valence-corrected chi connectivity index (χ4v) is 4.04. The normalized spacial score (nSPS) is 11.6. The number of aryl methyl sites for hydroxylation is 1. The third-order valence-electron chi connectivity index (χ3n) is 4.92. The van der Waals surface area contributed by atoms with Crippen molar-refractivity contribution in [3.05, 3.63) is 89.1 Å². The maximum absolute atomic E-state index is 12.5. The zero-order valence-corrected chi connectivity index (χ0v) is 19.1. The molecule has 4 rings (SSSR count). The topological polar surface area (TPSA) is 96.3 Å². The van der Waals surface area contributed by atoms with Crippen molar-refractivity contribution in [3.8, 4) is 10.8 Å². The third kappa shape index (κ3) is 6.08. The lowest BCUT2D eigenvalue weighted by Crippen LogP contribution is -2.28.